The number of ether oxygens (including phenoxy) is 1. The summed E-state index contributed by atoms with van der Waals surface area (Å²) >= 11 is 3.45. The summed E-state index contributed by atoms with van der Waals surface area (Å²) < 4.78 is 20.0. The van der Waals surface area contributed by atoms with Gasteiger partial charge >= 0.3 is 0 Å². The number of para-hydroxylation sites is 1. The lowest BCUT2D eigenvalue weighted by molar-refractivity contribution is 0.0949. The van der Waals surface area contributed by atoms with Crippen molar-refractivity contribution in [3.05, 3.63) is 70.7 Å². The van der Waals surface area contributed by atoms with Gasteiger partial charge in [0.05, 0.1) is 22.1 Å². The van der Waals surface area contributed by atoms with Crippen LogP contribution in [0.4, 0.5) is 4.39 Å². The van der Waals surface area contributed by atoms with Gasteiger partial charge in [-0.3, -0.25) is 9.69 Å². The minimum absolute atomic E-state index is 0.138. The number of aromatic nitrogens is 3. The molecule has 2 aromatic heterocycles. The van der Waals surface area contributed by atoms with E-state index in [2.05, 4.69) is 41.1 Å². The average molecular weight is 512 g/mol. The molecule has 0 spiro atoms. The molecule has 0 atom stereocenters. The number of hydrogen-bond donors (Lipinski definition) is 1. The Morgan fingerprint density at radius 1 is 1.09 bits per heavy atom. The number of carbonyl (C=O) groups excluding carboxylic acids is 1. The van der Waals surface area contributed by atoms with Crippen LogP contribution < -0.4 is 10.1 Å². The molecule has 170 valence electrons. The van der Waals surface area contributed by atoms with Crippen LogP contribution in [0.2, 0.25) is 0 Å². The van der Waals surface area contributed by atoms with Gasteiger partial charge < -0.3 is 10.1 Å². The Kier molecular flexibility index (Phi) is 7.41. The molecule has 2 aromatic carbocycles. The van der Waals surface area contributed by atoms with Crippen molar-refractivity contribution in [2.24, 2.45) is 0 Å². The molecule has 4 aromatic rings. The van der Waals surface area contributed by atoms with Gasteiger partial charge in [-0.2, -0.15) is 4.39 Å². The van der Waals surface area contributed by atoms with Crippen molar-refractivity contribution in [1.82, 2.24) is 25.2 Å². The second kappa shape index (κ2) is 10.6. The first-order valence-electron chi connectivity index (χ1n) is 10.6. The number of rotatable bonds is 9. The zero-order chi connectivity index (χ0) is 23.2. The molecule has 33 heavy (non-hydrogen) atoms. The van der Waals surface area contributed by atoms with Gasteiger partial charge in [0.1, 0.15) is 12.1 Å². The molecule has 0 unspecified atom stereocenters. The summed E-state index contributed by atoms with van der Waals surface area (Å²) in [4.78, 5) is 27.9. The second-order valence-electron chi connectivity index (χ2n) is 7.36. The van der Waals surface area contributed by atoms with Gasteiger partial charge in [0.2, 0.25) is 0 Å². The highest BCUT2D eigenvalue weighted by atomic mass is 79.9. The van der Waals surface area contributed by atoms with Crippen molar-refractivity contribution < 1.29 is 13.9 Å². The number of hydrogen-bond acceptors (Lipinski definition) is 6. The van der Waals surface area contributed by atoms with Crippen molar-refractivity contribution in [3.8, 4) is 5.75 Å². The van der Waals surface area contributed by atoms with Crippen molar-refractivity contribution in [3.63, 3.8) is 0 Å². The van der Waals surface area contributed by atoms with Crippen LogP contribution in [0.25, 0.3) is 22.1 Å². The number of amides is 1. The average Bonchev–Trinajstić information content (AvgIpc) is 2.82. The number of nitrogens with one attached hydrogen (secondary N) is 1. The molecule has 0 radical (unpaired) electrons. The van der Waals surface area contributed by atoms with Crippen LogP contribution in [0, 0.1) is 5.95 Å². The van der Waals surface area contributed by atoms with E-state index in [-0.39, 0.29) is 11.7 Å². The van der Waals surface area contributed by atoms with Crippen molar-refractivity contribution >= 4 is 43.9 Å². The van der Waals surface area contributed by atoms with E-state index >= 15 is 0 Å². The lowest BCUT2D eigenvalue weighted by atomic mass is 10.1. The largest absolute Gasteiger partial charge is 0.487 e. The monoisotopic (exact) mass is 511 g/mol. The quantitative estimate of drug-likeness (QED) is 0.268. The van der Waals surface area contributed by atoms with E-state index in [0.29, 0.717) is 42.8 Å². The molecular formula is C24H23BrFN5O2. The highest BCUT2D eigenvalue weighted by Crippen LogP contribution is 2.22. The Morgan fingerprint density at radius 2 is 1.97 bits per heavy atom. The molecule has 2 heterocycles. The summed E-state index contributed by atoms with van der Waals surface area (Å²) in [6.45, 7) is 4.81. The van der Waals surface area contributed by atoms with Crippen LogP contribution in [-0.2, 0) is 0 Å². The van der Waals surface area contributed by atoms with Crippen LogP contribution in [0.1, 0.15) is 17.3 Å². The third kappa shape index (κ3) is 5.61. The fraction of sp³-hybridized carbons (Fsp3) is 0.250. The molecule has 0 aliphatic rings. The first-order valence-corrected chi connectivity index (χ1v) is 11.4. The Hall–Kier alpha value is -3.17. The van der Waals surface area contributed by atoms with Crippen LogP contribution in [0.3, 0.4) is 0 Å². The Labute approximate surface area is 199 Å². The Balaban J connectivity index is 1.36. The molecule has 0 bridgehead atoms. The smallest absolute Gasteiger partial charge is 0.255 e. The fourth-order valence-electron chi connectivity index (χ4n) is 3.47. The number of nitrogens with zero attached hydrogens (tertiary/aromatic N) is 4. The van der Waals surface area contributed by atoms with Crippen LogP contribution in [-0.4, -0.2) is 58.5 Å². The number of benzene rings is 2. The third-order valence-corrected chi connectivity index (χ3v) is 5.71. The van der Waals surface area contributed by atoms with Crippen molar-refractivity contribution in [1.29, 1.82) is 0 Å². The highest BCUT2D eigenvalue weighted by Gasteiger charge is 2.14. The lowest BCUT2D eigenvalue weighted by Gasteiger charge is -2.20. The maximum atomic E-state index is 13.6. The van der Waals surface area contributed by atoms with Gasteiger partial charge in [0.15, 0.2) is 5.75 Å². The van der Waals surface area contributed by atoms with Gasteiger partial charge in [-0.1, -0.05) is 28.9 Å². The molecule has 9 heteroatoms. The van der Waals surface area contributed by atoms with Gasteiger partial charge in [-0.15, -0.1) is 0 Å². The van der Waals surface area contributed by atoms with E-state index in [1.54, 1.807) is 18.2 Å². The second-order valence-corrected chi connectivity index (χ2v) is 8.28. The molecule has 7 nitrogen and oxygen atoms in total. The standard InChI is InChI=1S/C24H23BrFN5O2/c1-2-31(13-14-33-21-7-4-10-27-23(21)26)12-11-28-24(32)17-5-3-6-19-22(17)30-18-9-8-16(25)15-20(18)29-19/h3-10,15H,2,11-14H2,1H3,(H,28,32). The first kappa shape index (κ1) is 23.0. The lowest BCUT2D eigenvalue weighted by Crippen LogP contribution is -2.37. The molecule has 0 fully saturated rings. The topological polar surface area (TPSA) is 80.2 Å². The van der Waals surface area contributed by atoms with Gasteiger partial charge in [0, 0.05) is 30.3 Å². The fourth-order valence-corrected chi connectivity index (χ4v) is 3.82. The van der Waals surface area contributed by atoms with Crippen LogP contribution in [0.15, 0.2) is 59.2 Å². The maximum Gasteiger partial charge on any atom is 0.255 e. The van der Waals surface area contributed by atoms with Crippen molar-refractivity contribution in [2.75, 3.05) is 32.8 Å². The molecule has 0 saturated heterocycles. The number of halogens is 2. The molecular weight excluding hydrogens is 489 g/mol. The summed E-state index contributed by atoms with van der Waals surface area (Å²) in [6, 6.07) is 14.3. The normalized spacial score (nSPS) is 11.3. The number of pyridine rings is 1. The molecule has 1 amide bonds. The van der Waals surface area contributed by atoms with E-state index in [1.807, 2.05) is 37.3 Å². The minimum Gasteiger partial charge on any atom is -0.487 e. The van der Waals surface area contributed by atoms with Crippen molar-refractivity contribution in [2.45, 2.75) is 6.92 Å². The highest BCUT2D eigenvalue weighted by molar-refractivity contribution is 9.10. The molecule has 4 rings (SSSR count). The predicted molar refractivity (Wildman–Crippen MR) is 129 cm³/mol. The first-order chi connectivity index (χ1) is 16.0. The van der Waals surface area contributed by atoms with E-state index in [9.17, 15) is 9.18 Å². The summed E-state index contributed by atoms with van der Waals surface area (Å²) in [5.41, 5.74) is 3.23. The minimum atomic E-state index is -0.619. The van der Waals surface area contributed by atoms with Gasteiger partial charge in [-0.25, -0.2) is 15.0 Å². The van der Waals surface area contributed by atoms with Crippen LogP contribution >= 0.6 is 15.9 Å². The van der Waals surface area contributed by atoms with E-state index in [1.165, 1.54) is 6.20 Å². The number of carbonyl (C=O) groups is 1. The van der Waals surface area contributed by atoms with Gasteiger partial charge in [0.25, 0.3) is 11.9 Å². The maximum absolute atomic E-state index is 13.6. The zero-order valence-electron chi connectivity index (χ0n) is 18.1. The summed E-state index contributed by atoms with van der Waals surface area (Å²) in [5, 5.41) is 2.96. The summed E-state index contributed by atoms with van der Waals surface area (Å²) in [6.07, 6.45) is 1.38. The summed E-state index contributed by atoms with van der Waals surface area (Å²) in [7, 11) is 0. The molecule has 1 N–H and O–H groups in total. The SMILES string of the molecule is CCN(CCNC(=O)c1cccc2nc3cc(Br)ccc3nc12)CCOc1cccnc1F. The third-order valence-electron chi connectivity index (χ3n) is 5.22. The Morgan fingerprint density at radius 3 is 2.79 bits per heavy atom. The Bertz CT molecular complexity index is 1290. The van der Waals surface area contributed by atoms with E-state index in [4.69, 9.17) is 4.74 Å². The number of fused-ring (bicyclic) bond motifs is 2. The molecule has 0 aliphatic carbocycles. The van der Waals surface area contributed by atoms with Gasteiger partial charge in [-0.05, 0) is 49.0 Å². The predicted octanol–water partition coefficient (Wildman–Crippen LogP) is 4.21. The zero-order valence-corrected chi connectivity index (χ0v) is 19.7. The van der Waals surface area contributed by atoms with E-state index in [0.717, 1.165) is 22.1 Å². The number of likely N-dealkylation sites (N-methyl/N-ethyl adjacent to an activating group) is 1. The van der Waals surface area contributed by atoms with Crippen LogP contribution in [0.5, 0.6) is 5.75 Å². The molecule has 0 aliphatic heterocycles. The van der Waals surface area contributed by atoms with E-state index < -0.39 is 5.95 Å². The summed E-state index contributed by atoms with van der Waals surface area (Å²) in [5.74, 6) is -0.679. The molecule has 0 saturated carbocycles.